The minimum Gasteiger partial charge on any atom is -0.336 e. The third kappa shape index (κ3) is 4.83. The summed E-state index contributed by atoms with van der Waals surface area (Å²) in [6, 6.07) is 9.03. The van der Waals surface area contributed by atoms with E-state index in [-0.39, 0.29) is 24.5 Å². The van der Waals surface area contributed by atoms with Crippen LogP contribution in [0.15, 0.2) is 24.3 Å². The minimum atomic E-state index is 0.0773. The van der Waals surface area contributed by atoms with Gasteiger partial charge in [0, 0.05) is 23.2 Å². The third-order valence-corrected chi connectivity index (χ3v) is 6.44. The van der Waals surface area contributed by atoms with Gasteiger partial charge in [0.1, 0.15) is 13.1 Å². The molecule has 7 heteroatoms. The molecule has 0 unspecified atom stereocenters. The minimum absolute atomic E-state index is 0.0773. The number of tetrazole rings is 1. The molecular formula is C22H33N6O+. The van der Waals surface area contributed by atoms with Crippen LogP contribution in [0.1, 0.15) is 57.9 Å². The maximum Gasteiger partial charge on any atom is 0.246 e. The zero-order chi connectivity index (χ0) is 20.2. The Labute approximate surface area is 173 Å². The van der Waals surface area contributed by atoms with Gasteiger partial charge < -0.3 is 9.80 Å². The van der Waals surface area contributed by atoms with Crippen molar-refractivity contribution in [1.29, 1.82) is 0 Å². The van der Waals surface area contributed by atoms with Gasteiger partial charge in [0.15, 0.2) is 0 Å². The molecule has 1 amide bonds. The van der Waals surface area contributed by atoms with Crippen molar-refractivity contribution in [3.63, 3.8) is 0 Å². The van der Waals surface area contributed by atoms with Crippen molar-refractivity contribution in [3.8, 4) is 11.4 Å². The summed E-state index contributed by atoms with van der Waals surface area (Å²) in [6.45, 7) is 8.04. The number of quaternary nitrogens is 1. The monoisotopic (exact) mass is 397 g/mol. The van der Waals surface area contributed by atoms with Crippen LogP contribution in [0.4, 0.5) is 0 Å². The van der Waals surface area contributed by atoms with Crippen molar-refractivity contribution in [3.05, 3.63) is 29.8 Å². The highest BCUT2D eigenvalue weighted by atomic mass is 16.2. The van der Waals surface area contributed by atoms with Crippen LogP contribution in [-0.4, -0.2) is 56.2 Å². The number of piperidine rings is 2. The molecule has 0 aliphatic carbocycles. The molecule has 156 valence electrons. The van der Waals surface area contributed by atoms with E-state index in [2.05, 4.69) is 53.5 Å². The smallest absolute Gasteiger partial charge is 0.246 e. The highest BCUT2D eigenvalue weighted by Crippen LogP contribution is 2.23. The van der Waals surface area contributed by atoms with Crippen molar-refractivity contribution >= 4 is 5.91 Å². The molecule has 1 aromatic heterocycles. The average Bonchev–Trinajstić information content (AvgIpc) is 3.17. The van der Waals surface area contributed by atoms with Gasteiger partial charge in [0.25, 0.3) is 0 Å². The van der Waals surface area contributed by atoms with E-state index >= 15 is 0 Å². The number of likely N-dealkylation sites (tertiary alicyclic amines) is 2. The number of carbonyl (C=O) groups is 1. The van der Waals surface area contributed by atoms with Crippen molar-refractivity contribution in [2.24, 2.45) is 0 Å². The third-order valence-electron chi connectivity index (χ3n) is 6.44. The summed E-state index contributed by atoms with van der Waals surface area (Å²) in [7, 11) is 0. The highest BCUT2D eigenvalue weighted by molar-refractivity contribution is 5.76. The number of nitrogens with one attached hydrogen (secondary N) is 1. The first-order valence-electron chi connectivity index (χ1n) is 11.1. The SMILES string of the molecule is C[C@H]1CCC[C@H](C)N1C(=O)Cn1nnc(-c2ccc(C[NH+]3CCCCC3)cc2)n1. The molecule has 0 spiro atoms. The molecule has 0 bridgehead atoms. The van der Waals surface area contributed by atoms with Gasteiger partial charge in [-0.1, -0.05) is 24.3 Å². The van der Waals surface area contributed by atoms with E-state index in [0.717, 1.165) is 24.9 Å². The number of carbonyl (C=O) groups excluding carboxylic acids is 1. The van der Waals surface area contributed by atoms with Gasteiger partial charge in [-0.15, -0.1) is 10.2 Å². The Morgan fingerprint density at radius 1 is 1.03 bits per heavy atom. The normalized spacial score (nSPS) is 23.3. The van der Waals surface area contributed by atoms with Crippen molar-refractivity contribution < 1.29 is 9.69 Å². The molecule has 2 aliphatic rings. The van der Waals surface area contributed by atoms with E-state index < -0.39 is 0 Å². The van der Waals surface area contributed by atoms with Gasteiger partial charge in [-0.05, 0) is 57.6 Å². The van der Waals surface area contributed by atoms with Crippen molar-refractivity contribution in [2.45, 2.75) is 77.5 Å². The van der Waals surface area contributed by atoms with Crippen LogP contribution < -0.4 is 4.90 Å². The molecule has 1 N–H and O–H groups in total. The van der Waals surface area contributed by atoms with Crippen LogP contribution in [0.5, 0.6) is 0 Å². The Hall–Kier alpha value is -2.28. The quantitative estimate of drug-likeness (QED) is 0.834. The van der Waals surface area contributed by atoms with Gasteiger partial charge in [-0.3, -0.25) is 4.79 Å². The molecule has 7 nitrogen and oxygen atoms in total. The van der Waals surface area contributed by atoms with Gasteiger partial charge in [0.05, 0.1) is 13.1 Å². The first-order valence-corrected chi connectivity index (χ1v) is 11.1. The van der Waals surface area contributed by atoms with Crippen molar-refractivity contribution in [1.82, 2.24) is 25.1 Å². The molecule has 2 aliphatic heterocycles. The molecule has 3 heterocycles. The second-order valence-corrected chi connectivity index (χ2v) is 8.76. The fourth-order valence-corrected chi connectivity index (χ4v) is 4.83. The van der Waals surface area contributed by atoms with E-state index in [9.17, 15) is 4.79 Å². The molecule has 2 aromatic rings. The predicted molar refractivity (Wildman–Crippen MR) is 111 cm³/mol. The number of hydrogen-bond acceptors (Lipinski definition) is 4. The molecule has 2 atom stereocenters. The Morgan fingerprint density at radius 3 is 2.41 bits per heavy atom. The summed E-state index contributed by atoms with van der Waals surface area (Å²) in [5, 5.41) is 12.7. The first kappa shape index (κ1) is 20.0. The van der Waals surface area contributed by atoms with E-state index in [0.29, 0.717) is 5.82 Å². The van der Waals surface area contributed by atoms with Gasteiger partial charge in [0.2, 0.25) is 11.7 Å². The first-order chi connectivity index (χ1) is 14.1. The van der Waals surface area contributed by atoms with E-state index in [4.69, 9.17) is 0 Å². The molecule has 29 heavy (non-hydrogen) atoms. The Bertz CT molecular complexity index is 801. The zero-order valence-corrected chi connectivity index (χ0v) is 17.7. The molecule has 0 radical (unpaired) electrons. The highest BCUT2D eigenvalue weighted by Gasteiger charge is 2.29. The maximum absolute atomic E-state index is 12.8. The van der Waals surface area contributed by atoms with Crippen molar-refractivity contribution in [2.75, 3.05) is 13.1 Å². The summed E-state index contributed by atoms with van der Waals surface area (Å²) >= 11 is 0. The fourth-order valence-electron chi connectivity index (χ4n) is 4.83. The number of hydrogen-bond donors (Lipinski definition) is 1. The Balaban J connectivity index is 1.37. The van der Waals surface area contributed by atoms with E-state index in [1.54, 1.807) is 4.90 Å². The van der Waals surface area contributed by atoms with Gasteiger partial charge in [-0.25, -0.2) is 0 Å². The molecule has 0 saturated carbocycles. The number of benzene rings is 1. The molecule has 4 rings (SSSR count). The molecule has 1 aromatic carbocycles. The lowest BCUT2D eigenvalue weighted by Gasteiger charge is -2.38. The summed E-state index contributed by atoms with van der Waals surface area (Å²) < 4.78 is 0. The Morgan fingerprint density at radius 2 is 1.72 bits per heavy atom. The van der Waals surface area contributed by atoms with E-state index in [1.807, 2.05) is 4.90 Å². The number of amides is 1. The second kappa shape index (κ2) is 9.03. The second-order valence-electron chi connectivity index (χ2n) is 8.76. The fraction of sp³-hybridized carbons (Fsp3) is 0.636. The largest absolute Gasteiger partial charge is 0.336 e. The molecular weight excluding hydrogens is 364 g/mol. The summed E-state index contributed by atoms with van der Waals surface area (Å²) in [4.78, 5) is 17.9. The summed E-state index contributed by atoms with van der Waals surface area (Å²) in [6.07, 6.45) is 7.38. The number of rotatable bonds is 5. The van der Waals surface area contributed by atoms with Gasteiger partial charge >= 0.3 is 0 Å². The van der Waals surface area contributed by atoms with E-state index in [1.165, 1.54) is 49.1 Å². The van der Waals surface area contributed by atoms with Crippen LogP contribution in [-0.2, 0) is 17.9 Å². The average molecular weight is 398 g/mol. The lowest BCUT2D eigenvalue weighted by molar-refractivity contribution is -0.918. The topological polar surface area (TPSA) is 68.3 Å². The molecule has 2 fully saturated rings. The van der Waals surface area contributed by atoms with Crippen LogP contribution in [0.25, 0.3) is 11.4 Å². The summed E-state index contributed by atoms with van der Waals surface area (Å²) in [5.41, 5.74) is 2.29. The Kier molecular flexibility index (Phi) is 6.23. The van der Waals surface area contributed by atoms with Crippen LogP contribution in [0.3, 0.4) is 0 Å². The van der Waals surface area contributed by atoms with Crippen LogP contribution in [0, 0.1) is 0 Å². The number of nitrogens with zero attached hydrogens (tertiary/aromatic N) is 5. The maximum atomic E-state index is 12.8. The lowest BCUT2D eigenvalue weighted by atomic mass is 9.97. The van der Waals surface area contributed by atoms with Crippen LogP contribution >= 0.6 is 0 Å². The van der Waals surface area contributed by atoms with Gasteiger partial charge in [-0.2, -0.15) is 4.80 Å². The predicted octanol–water partition coefficient (Wildman–Crippen LogP) is 1.70. The standard InChI is InChI=1S/C22H32N6O/c1-17-7-6-8-18(2)28(17)21(29)16-27-24-22(23-25-27)20-11-9-19(10-12-20)15-26-13-4-3-5-14-26/h9-12,17-18H,3-8,13-16H2,1-2H3/p+1/t17-,18-/m0/s1. The number of aromatic nitrogens is 4. The summed E-state index contributed by atoms with van der Waals surface area (Å²) in [5.74, 6) is 0.655. The zero-order valence-electron chi connectivity index (χ0n) is 17.7. The molecule has 2 saturated heterocycles. The van der Waals surface area contributed by atoms with Crippen LogP contribution in [0.2, 0.25) is 0 Å². The lowest BCUT2D eigenvalue weighted by Crippen LogP contribution is -3.11.